The van der Waals surface area contributed by atoms with Crippen LogP contribution in [-0.4, -0.2) is 32.7 Å². The molecule has 0 amide bonds. The average Bonchev–Trinajstić information content (AvgIpc) is 3.39. The summed E-state index contributed by atoms with van der Waals surface area (Å²) in [4.78, 5) is 23.0. The number of aromatic amines is 1. The van der Waals surface area contributed by atoms with Gasteiger partial charge in [-0.1, -0.05) is 11.6 Å². The van der Waals surface area contributed by atoms with Crippen molar-refractivity contribution in [2.24, 2.45) is 0 Å². The second-order valence-electron chi connectivity index (χ2n) is 6.83. The maximum atomic E-state index is 14.9. The first kappa shape index (κ1) is 20.9. The molecule has 9 nitrogen and oxygen atoms in total. The van der Waals surface area contributed by atoms with Gasteiger partial charge in [0.1, 0.15) is 23.7 Å². The van der Waals surface area contributed by atoms with Crippen molar-refractivity contribution in [1.82, 2.24) is 20.2 Å². The largest absolute Gasteiger partial charge is 0.461 e. The number of anilines is 2. The second kappa shape index (κ2) is 8.43. The predicted molar refractivity (Wildman–Crippen MR) is 110 cm³/mol. The fourth-order valence-corrected chi connectivity index (χ4v) is 3.19. The number of aromatic nitrogens is 4. The van der Waals surface area contributed by atoms with Crippen LogP contribution in [0.15, 0.2) is 24.0 Å². The SMILES string of the molecule is [C-]#[N+]c1c(Nc2cc(C(=O)OCC)[nH]n2)ncnc1Oc1cc(F)c2c(c1F)C=C(C)C2. The number of hydrogen-bond acceptors (Lipinski definition) is 7. The molecule has 0 saturated carbocycles. The fraction of sp³-hybridized carbons (Fsp3) is 0.190. The molecule has 0 unspecified atom stereocenters. The van der Waals surface area contributed by atoms with Gasteiger partial charge in [0.2, 0.25) is 5.88 Å². The summed E-state index contributed by atoms with van der Waals surface area (Å²) in [5.74, 6) is -2.43. The number of carbonyl (C=O) groups is 1. The van der Waals surface area contributed by atoms with E-state index in [0.29, 0.717) is 6.42 Å². The van der Waals surface area contributed by atoms with Gasteiger partial charge in [-0.25, -0.2) is 28.4 Å². The lowest BCUT2D eigenvalue weighted by Crippen LogP contribution is -2.04. The fourth-order valence-electron chi connectivity index (χ4n) is 3.19. The zero-order valence-corrected chi connectivity index (χ0v) is 17.0. The summed E-state index contributed by atoms with van der Waals surface area (Å²) in [5.41, 5.74) is 1.13. The van der Waals surface area contributed by atoms with Crippen molar-refractivity contribution in [3.8, 4) is 11.6 Å². The van der Waals surface area contributed by atoms with Crippen molar-refractivity contribution in [2.45, 2.75) is 20.3 Å². The number of nitrogens with one attached hydrogen (secondary N) is 2. The van der Waals surface area contributed by atoms with Gasteiger partial charge in [-0.05, 0) is 20.3 Å². The lowest BCUT2D eigenvalue weighted by Gasteiger charge is -2.12. The van der Waals surface area contributed by atoms with Crippen molar-refractivity contribution in [3.05, 3.63) is 63.9 Å². The number of fused-ring (bicyclic) bond motifs is 1. The summed E-state index contributed by atoms with van der Waals surface area (Å²) in [7, 11) is 0. The van der Waals surface area contributed by atoms with Crippen LogP contribution in [0.25, 0.3) is 10.9 Å². The van der Waals surface area contributed by atoms with E-state index in [1.807, 2.05) is 0 Å². The number of benzene rings is 1. The van der Waals surface area contributed by atoms with Crippen LogP contribution >= 0.6 is 0 Å². The van der Waals surface area contributed by atoms with E-state index >= 15 is 0 Å². The van der Waals surface area contributed by atoms with E-state index in [4.69, 9.17) is 16.0 Å². The smallest absolute Gasteiger partial charge is 0.356 e. The molecule has 3 aromatic rings. The summed E-state index contributed by atoms with van der Waals surface area (Å²) in [6, 6.07) is 2.31. The molecule has 0 radical (unpaired) electrons. The predicted octanol–water partition coefficient (Wildman–Crippen LogP) is 4.70. The Bertz CT molecular complexity index is 1300. The summed E-state index contributed by atoms with van der Waals surface area (Å²) >= 11 is 0. The molecule has 0 bridgehead atoms. The lowest BCUT2D eigenvalue weighted by atomic mass is 10.1. The van der Waals surface area contributed by atoms with E-state index in [0.717, 1.165) is 18.0 Å². The lowest BCUT2D eigenvalue weighted by molar-refractivity contribution is 0.0519. The number of esters is 1. The molecule has 1 aliphatic rings. The molecule has 4 rings (SSSR count). The van der Waals surface area contributed by atoms with Crippen molar-refractivity contribution < 1.29 is 23.0 Å². The summed E-state index contributed by atoms with van der Waals surface area (Å²) in [6.07, 6.45) is 2.98. The molecular formula is C21H16F2N6O3. The molecule has 2 heterocycles. The minimum absolute atomic E-state index is 0.00434. The number of allylic oxidation sites excluding steroid dienone is 1. The molecule has 1 aromatic carbocycles. The zero-order valence-electron chi connectivity index (χ0n) is 17.0. The van der Waals surface area contributed by atoms with Gasteiger partial charge in [-0.3, -0.25) is 5.10 Å². The summed E-state index contributed by atoms with van der Waals surface area (Å²) in [6.45, 7) is 11.1. The molecule has 2 aromatic heterocycles. The molecule has 0 fully saturated rings. The van der Waals surface area contributed by atoms with Crippen molar-refractivity contribution in [2.75, 3.05) is 11.9 Å². The molecular weight excluding hydrogens is 422 g/mol. The van der Waals surface area contributed by atoms with Crippen LogP contribution in [-0.2, 0) is 11.2 Å². The summed E-state index contributed by atoms with van der Waals surface area (Å²) < 4.78 is 39.7. The molecule has 2 N–H and O–H groups in total. The van der Waals surface area contributed by atoms with Gasteiger partial charge in [-0.2, -0.15) is 5.10 Å². The van der Waals surface area contributed by atoms with E-state index in [9.17, 15) is 13.6 Å². The minimum Gasteiger partial charge on any atom is -0.461 e. The highest BCUT2D eigenvalue weighted by Gasteiger charge is 2.24. The Morgan fingerprint density at radius 3 is 2.91 bits per heavy atom. The van der Waals surface area contributed by atoms with E-state index in [2.05, 4.69) is 30.3 Å². The van der Waals surface area contributed by atoms with Crippen molar-refractivity contribution >= 4 is 29.4 Å². The van der Waals surface area contributed by atoms with Crippen LogP contribution < -0.4 is 10.1 Å². The molecule has 0 aliphatic heterocycles. The van der Waals surface area contributed by atoms with Crippen LogP contribution in [0.4, 0.5) is 26.1 Å². The third-order valence-corrected chi connectivity index (χ3v) is 4.60. The zero-order chi connectivity index (χ0) is 22.8. The van der Waals surface area contributed by atoms with E-state index in [-0.39, 0.29) is 46.6 Å². The number of ether oxygens (including phenoxy) is 2. The van der Waals surface area contributed by atoms with Gasteiger partial charge >= 0.3 is 5.97 Å². The first-order chi connectivity index (χ1) is 15.4. The molecule has 162 valence electrons. The second-order valence-corrected chi connectivity index (χ2v) is 6.83. The van der Waals surface area contributed by atoms with Crippen LogP contribution in [0.3, 0.4) is 0 Å². The number of hydrogen-bond donors (Lipinski definition) is 2. The molecule has 0 spiro atoms. The number of carbonyl (C=O) groups excluding carboxylic acids is 1. The normalized spacial score (nSPS) is 12.0. The standard InChI is InChI=1S/C21H16F2N6O3/c1-4-31-21(30)14-8-16(29-28-14)27-19-18(24-3)20(26-9-25-19)32-15-7-13(22)11-5-10(2)6-12(11)17(15)23/h6-9H,4-5H2,1-2H3,(H2,25,26,27,28,29). The third kappa shape index (κ3) is 3.85. The molecule has 0 atom stereocenters. The van der Waals surface area contributed by atoms with E-state index in [1.54, 1.807) is 19.9 Å². The van der Waals surface area contributed by atoms with Gasteiger partial charge in [0.15, 0.2) is 17.4 Å². The Kier molecular flexibility index (Phi) is 5.51. The Morgan fingerprint density at radius 2 is 2.16 bits per heavy atom. The summed E-state index contributed by atoms with van der Waals surface area (Å²) in [5, 5.41) is 9.19. The van der Waals surface area contributed by atoms with E-state index < -0.39 is 23.4 Å². The van der Waals surface area contributed by atoms with E-state index in [1.165, 1.54) is 6.07 Å². The van der Waals surface area contributed by atoms with Gasteiger partial charge in [-0.15, -0.1) is 0 Å². The van der Waals surface area contributed by atoms with Crippen LogP contribution in [0, 0.1) is 18.2 Å². The Balaban J connectivity index is 1.64. The Morgan fingerprint density at radius 1 is 1.34 bits per heavy atom. The van der Waals surface area contributed by atoms with Gasteiger partial charge in [0, 0.05) is 23.3 Å². The maximum Gasteiger partial charge on any atom is 0.356 e. The highest BCUT2D eigenvalue weighted by Crippen LogP contribution is 2.40. The first-order valence-corrected chi connectivity index (χ1v) is 9.49. The highest BCUT2D eigenvalue weighted by atomic mass is 19.1. The van der Waals surface area contributed by atoms with Crippen molar-refractivity contribution in [3.63, 3.8) is 0 Å². The van der Waals surface area contributed by atoms with Gasteiger partial charge < -0.3 is 14.8 Å². The molecule has 1 aliphatic carbocycles. The number of halogens is 2. The van der Waals surface area contributed by atoms with Crippen LogP contribution in [0.2, 0.25) is 0 Å². The Labute approximate surface area is 180 Å². The Hall–Kier alpha value is -4.33. The first-order valence-electron chi connectivity index (χ1n) is 9.49. The molecule has 11 heteroatoms. The average molecular weight is 438 g/mol. The quantitative estimate of drug-likeness (QED) is 0.424. The minimum atomic E-state index is -0.742. The van der Waals surface area contributed by atoms with Crippen LogP contribution in [0.1, 0.15) is 35.5 Å². The molecule has 0 saturated heterocycles. The number of H-pyrrole nitrogens is 1. The third-order valence-electron chi connectivity index (χ3n) is 4.60. The molecule has 32 heavy (non-hydrogen) atoms. The maximum absolute atomic E-state index is 14.9. The van der Waals surface area contributed by atoms with Crippen LogP contribution in [0.5, 0.6) is 11.6 Å². The topological polar surface area (TPSA) is 106 Å². The van der Waals surface area contributed by atoms with Gasteiger partial charge in [0.25, 0.3) is 5.69 Å². The number of nitrogens with zero attached hydrogens (tertiary/aromatic N) is 4. The van der Waals surface area contributed by atoms with Gasteiger partial charge in [0.05, 0.1) is 13.2 Å². The highest BCUT2D eigenvalue weighted by molar-refractivity contribution is 5.88. The van der Waals surface area contributed by atoms with Crippen molar-refractivity contribution in [1.29, 1.82) is 0 Å². The monoisotopic (exact) mass is 438 g/mol. The number of rotatable bonds is 6.